The zero-order chi connectivity index (χ0) is 13.5. The second-order valence-electron chi connectivity index (χ2n) is 5.95. The lowest BCUT2D eigenvalue weighted by Crippen LogP contribution is -2.53. The fourth-order valence-electron chi connectivity index (χ4n) is 3.76. The van der Waals surface area contributed by atoms with Gasteiger partial charge in [-0.05, 0) is 56.5 Å². The number of hydrogen-bond acceptors (Lipinski definition) is 3. The SMILES string of the molecule is Cc1cc(Br)cc(NC2(CN)CCN3CCCC32)c1. The molecule has 104 valence electrons. The topological polar surface area (TPSA) is 41.3 Å². The molecule has 19 heavy (non-hydrogen) atoms. The van der Waals surface area contributed by atoms with Crippen LogP contribution in [0.5, 0.6) is 0 Å². The summed E-state index contributed by atoms with van der Waals surface area (Å²) in [6.45, 7) is 5.26. The molecule has 3 nitrogen and oxygen atoms in total. The van der Waals surface area contributed by atoms with Gasteiger partial charge in [0.25, 0.3) is 0 Å². The molecule has 1 aromatic carbocycles. The highest BCUT2D eigenvalue weighted by molar-refractivity contribution is 9.10. The number of anilines is 1. The second kappa shape index (κ2) is 5.08. The molecule has 0 aromatic heterocycles. The first-order valence-corrected chi connectivity index (χ1v) is 7.92. The minimum atomic E-state index is 0.0593. The van der Waals surface area contributed by atoms with Crippen molar-refractivity contribution in [1.29, 1.82) is 0 Å². The Kier molecular flexibility index (Phi) is 3.58. The monoisotopic (exact) mass is 323 g/mol. The van der Waals surface area contributed by atoms with Gasteiger partial charge in [0.2, 0.25) is 0 Å². The Balaban J connectivity index is 1.87. The van der Waals surface area contributed by atoms with Crippen LogP contribution in [-0.2, 0) is 0 Å². The number of nitrogens with two attached hydrogens (primary N) is 1. The summed E-state index contributed by atoms with van der Waals surface area (Å²) in [5.74, 6) is 0. The largest absolute Gasteiger partial charge is 0.377 e. The molecule has 2 unspecified atom stereocenters. The van der Waals surface area contributed by atoms with Crippen LogP contribution in [0.25, 0.3) is 0 Å². The van der Waals surface area contributed by atoms with Crippen molar-refractivity contribution in [1.82, 2.24) is 4.90 Å². The van der Waals surface area contributed by atoms with E-state index in [1.807, 2.05) is 0 Å². The van der Waals surface area contributed by atoms with Crippen LogP contribution in [0.1, 0.15) is 24.8 Å². The van der Waals surface area contributed by atoms with Gasteiger partial charge in [0, 0.05) is 29.3 Å². The van der Waals surface area contributed by atoms with Crippen LogP contribution >= 0.6 is 15.9 Å². The second-order valence-corrected chi connectivity index (χ2v) is 6.86. The molecular weight excluding hydrogens is 302 g/mol. The predicted octanol–water partition coefficient (Wildman–Crippen LogP) is 2.74. The molecule has 0 amide bonds. The molecule has 0 spiro atoms. The number of rotatable bonds is 3. The van der Waals surface area contributed by atoms with Crippen molar-refractivity contribution in [2.75, 3.05) is 25.0 Å². The molecule has 3 rings (SSSR count). The molecule has 3 N–H and O–H groups in total. The lowest BCUT2D eigenvalue weighted by molar-refractivity contribution is 0.280. The Hall–Kier alpha value is -0.580. The number of nitrogens with zero attached hydrogens (tertiary/aromatic N) is 1. The smallest absolute Gasteiger partial charge is 0.0662 e. The van der Waals surface area contributed by atoms with Gasteiger partial charge < -0.3 is 11.1 Å². The summed E-state index contributed by atoms with van der Waals surface area (Å²) in [6.07, 6.45) is 3.74. The van der Waals surface area contributed by atoms with Crippen molar-refractivity contribution < 1.29 is 0 Å². The van der Waals surface area contributed by atoms with Gasteiger partial charge in [-0.15, -0.1) is 0 Å². The van der Waals surface area contributed by atoms with Crippen LogP contribution in [0.2, 0.25) is 0 Å². The van der Waals surface area contributed by atoms with E-state index in [1.54, 1.807) is 0 Å². The van der Waals surface area contributed by atoms with Gasteiger partial charge in [0.15, 0.2) is 0 Å². The minimum Gasteiger partial charge on any atom is -0.377 e. The van der Waals surface area contributed by atoms with Crippen molar-refractivity contribution in [2.24, 2.45) is 5.73 Å². The lowest BCUT2D eigenvalue weighted by atomic mass is 9.88. The molecule has 2 aliphatic rings. The van der Waals surface area contributed by atoms with Crippen LogP contribution in [0.3, 0.4) is 0 Å². The van der Waals surface area contributed by atoms with Crippen LogP contribution in [0.15, 0.2) is 22.7 Å². The van der Waals surface area contributed by atoms with Crippen molar-refractivity contribution >= 4 is 21.6 Å². The van der Waals surface area contributed by atoms with E-state index in [-0.39, 0.29) is 5.54 Å². The summed E-state index contributed by atoms with van der Waals surface area (Å²) in [4.78, 5) is 2.60. The summed E-state index contributed by atoms with van der Waals surface area (Å²) in [5, 5.41) is 3.76. The molecule has 0 radical (unpaired) electrons. The maximum Gasteiger partial charge on any atom is 0.0662 e. The van der Waals surface area contributed by atoms with E-state index < -0.39 is 0 Å². The lowest BCUT2D eigenvalue weighted by Gasteiger charge is -2.36. The van der Waals surface area contributed by atoms with Gasteiger partial charge in [-0.1, -0.05) is 15.9 Å². The van der Waals surface area contributed by atoms with E-state index >= 15 is 0 Å². The molecule has 2 heterocycles. The summed E-state index contributed by atoms with van der Waals surface area (Å²) >= 11 is 3.58. The summed E-state index contributed by atoms with van der Waals surface area (Å²) in [7, 11) is 0. The maximum atomic E-state index is 6.15. The summed E-state index contributed by atoms with van der Waals surface area (Å²) < 4.78 is 1.13. The number of fused-ring (bicyclic) bond motifs is 1. The van der Waals surface area contributed by atoms with Crippen molar-refractivity contribution in [3.63, 3.8) is 0 Å². The molecule has 2 fully saturated rings. The summed E-state index contributed by atoms with van der Waals surface area (Å²) in [6, 6.07) is 7.11. The first-order valence-electron chi connectivity index (χ1n) is 7.12. The normalized spacial score (nSPS) is 30.6. The van der Waals surface area contributed by atoms with E-state index in [0.29, 0.717) is 12.6 Å². The Morgan fingerprint density at radius 3 is 3.00 bits per heavy atom. The zero-order valence-electron chi connectivity index (χ0n) is 11.5. The van der Waals surface area contributed by atoms with Gasteiger partial charge in [0.05, 0.1) is 5.54 Å². The number of aryl methyl sites for hydroxylation is 1. The van der Waals surface area contributed by atoms with Crippen molar-refractivity contribution in [2.45, 2.75) is 37.8 Å². The highest BCUT2D eigenvalue weighted by Gasteiger charge is 2.48. The van der Waals surface area contributed by atoms with Crippen LogP contribution in [-0.4, -0.2) is 36.1 Å². The number of nitrogens with one attached hydrogen (secondary N) is 1. The van der Waals surface area contributed by atoms with E-state index in [2.05, 4.69) is 51.3 Å². The quantitative estimate of drug-likeness (QED) is 0.898. The Bertz CT molecular complexity index is 456. The maximum absolute atomic E-state index is 6.15. The van der Waals surface area contributed by atoms with E-state index in [9.17, 15) is 0 Å². The van der Waals surface area contributed by atoms with Gasteiger partial charge in [-0.3, -0.25) is 4.90 Å². The van der Waals surface area contributed by atoms with Crippen LogP contribution in [0.4, 0.5) is 5.69 Å². The van der Waals surface area contributed by atoms with E-state index in [0.717, 1.165) is 10.9 Å². The summed E-state index contributed by atoms with van der Waals surface area (Å²) in [5.41, 5.74) is 8.66. The molecule has 2 atom stereocenters. The average Bonchev–Trinajstić information content (AvgIpc) is 2.92. The highest BCUT2D eigenvalue weighted by atomic mass is 79.9. The number of benzene rings is 1. The molecule has 1 aromatic rings. The van der Waals surface area contributed by atoms with Gasteiger partial charge >= 0.3 is 0 Å². The molecular formula is C15H22BrN3. The zero-order valence-corrected chi connectivity index (χ0v) is 13.0. The first-order chi connectivity index (χ1) is 9.13. The van der Waals surface area contributed by atoms with Crippen LogP contribution in [0, 0.1) is 6.92 Å². The van der Waals surface area contributed by atoms with Crippen molar-refractivity contribution in [3.05, 3.63) is 28.2 Å². The third kappa shape index (κ3) is 2.41. The molecule has 0 aliphatic carbocycles. The molecule has 2 aliphatic heterocycles. The highest BCUT2D eigenvalue weighted by Crippen LogP contribution is 2.38. The van der Waals surface area contributed by atoms with Gasteiger partial charge in [-0.25, -0.2) is 0 Å². The number of halogens is 1. The van der Waals surface area contributed by atoms with E-state index in [4.69, 9.17) is 5.73 Å². The third-order valence-corrected chi connectivity index (χ3v) is 5.10. The average molecular weight is 324 g/mol. The predicted molar refractivity (Wildman–Crippen MR) is 83.5 cm³/mol. The van der Waals surface area contributed by atoms with Gasteiger partial charge in [-0.2, -0.15) is 0 Å². The van der Waals surface area contributed by atoms with E-state index in [1.165, 1.54) is 37.2 Å². The van der Waals surface area contributed by atoms with Crippen LogP contribution < -0.4 is 11.1 Å². The first kappa shape index (κ1) is 13.4. The Morgan fingerprint density at radius 2 is 2.26 bits per heavy atom. The Morgan fingerprint density at radius 1 is 1.42 bits per heavy atom. The molecule has 2 saturated heterocycles. The molecule has 0 saturated carbocycles. The standard InChI is InChI=1S/C15H22BrN3/c1-11-7-12(16)9-13(8-11)18-15(10-17)4-6-19-5-2-3-14(15)19/h7-9,14,18H,2-6,10,17H2,1H3. The van der Waals surface area contributed by atoms with Crippen molar-refractivity contribution in [3.8, 4) is 0 Å². The fraction of sp³-hybridized carbons (Fsp3) is 0.600. The van der Waals surface area contributed by atoms with Gasteiger partial charge in [0.1, 0.15) is 0 Å². The Labute approximate surface area is 123 Å². The molecule has 4 heteroatoms. The number of hydrogen-bond donors (Lipinski definition) is 2. The molecule has 0 bridgehead atoms. The minimum absolute atomic E-state index is 0.0593. The third-order valence-electron chi connectivity index (χ3n) is 4.65. The fourth-order valence-corrected chi connectivity index (χ4v) is 4.37.